The Balaban J connectivity index is 2.17. The lowest BCUT2D eigenvalue weighted by atomic mass is 10.2. The summed E-state index contributed by atoms with van der Waals surface area (Å²) in [6.07, 6.45) is 2.05. The van der Waals surface area contributed by atoms with E-state index in [4.69, 9.17) is 5.26 Å². The maximum absolute atomic E-state index is 8.77. The highest BCUT2D eigenvalue weighted by molar-refractivity contribution is 5.81. The van der Waals surface area contributed by atoms with Gasteiger partial charge in [0.25, 0.3) is 0 Å². The van der Waals surface area contributed by atoms with Crippen LogP contribution in [-0.4, -0.2) is 4.57 Å². The van der Waals surface area contributed by atoms with Crippen molar-refractivity contribution in [3.8, 4) is 11.8 Å². The first-order valence-corrected chi connectivity index (χ1v) is 5.45. The Hall–Kier alpha value is -2.53. The maximum atomic E-state index is 8.77. The Kier molecular flexibility index (Phi) is 2.16. The zero-order valence-corrected chi connectivity index (χ0v) is 9.17. The molecule has 2 nitrogen and oxygen atoms in total. The van der Waals surface area contributed by atoms with Gasteiger partial charge in [0.1, 0.15) is 0 Å². The molecule has 0 aliphatic carbocycles. The zero-order chi connectivity index (χ0) is 11.7. The summed E-state index contributed by atoms with van der Waals surface area (Å²) < 4.78 is 2.12. The van der Waals surface area contributed by atoms with Crippen molar-refractivity contribution in [1.82, 2.24) is 4.57 Å². The van der Waals surface area contributed by atoms with Crippen LogP contribution >= 0.6 is 0 Å². The van der Waals surface area contributed by atoms with Gasteiger partial charge in [0.15, 0.2) is 0 Å². The van der Waals surface area contributed by atoms with Crippen molar-refractivity contribution in [2.24, 2.45) is 0 Å². The fourth-order valence-electron chi connectivity index (χ4n) is 2.00. The third kappa shape index (κ3) is 1.58. The van der Waals surface area contributed by atoms with Crippen LogP contribution in [-0.2, 0) is 0 Å². The highest BCUT2D eigenvalue weighted by atomic mass is 15.0. The highest BCUT2D eigenvalue weighted by Crippen LogP contribution is 2.20. The molecule has 3 rings (SSSR count). The van der Waals surface area contributed by atoms with Gasteiger partial charge in [-0.1, -0.05) is 18.2 Å². The van der Waals surface area contributed by atoms with E-state index in [1.807, 2.05) is 42.6 Å². The second-order valence-corrected chi connectivity index (χ2v) is 3.90. The van der Waals surface area contributed by atoms with E-state index in [1.54, 1.807) is 0 Å². The number of hydrogen-bond acceptors (Lipinski definition) is 1. The third-order valence-corrected chi connectivity index (χ3v) is 2.87. The molecule has 17 heavy (non-hydrogen) atoms. The van der Waals surface area contributed by atoms with Crippen molar-refractivity contribution in [2.75, 3.05) is 0 Å². The minimum Gasteiger partial charge on any atom is -0.317 e. The first kappa shape index (κ1) is 9.68. The van der Waals surface area contributed by atoms with Gasteiger partial charge in [-0.15, -0.1) is 0 Å². The summed E-state index contributed by atoms with van der Waals surface area (Å²) >= 11 is 0. The van der Waals surface area contributed by atoms with Gasteiger partial charge in [-0.2, -0.15) is 5.26 Å². The van der Waals surface area contributed by atoms with Gasteiger partial charge in [-0.05, 0) is 41.8 Å². The lowest BCUT2D eigenvalue weighted by Crippen LogP contribution is -1.91. The SMILES string of the molecule is N#Cc1ccc(-n2ccc3ccccc32)cc1. The molecule has 0 saturated carbocycles. The number of fused-ring (bicyclic) bond motifs is 1. The molecule has 0 amide bonds. The van der Waals surface area contributed by atoms with Crippen LogP contribution in [0.2, 0.25) is 0 Å². The van der Waals surface area contributed by atoms with Gasteiger partial charge < -0.3 is 4.57 Å². The van der Waals surface area contributed by atoms with Crippen LogP contribution in [0.3, 0.4) is 0 Å². The number of benzene rings is 2. The predicted molar refractivity (Wildman–Crippen MR) is 68.0 cm³/mol. The van der Waals surface area contributed by atoms with Crippen LogP contribution in [0.5, 0.6) is 0 Å². The van der Waals surface area contributed by atoms with Crippen LogP contribution in [0.15, 0.2) is 60.8 Å². The van der Waals surface area contributed by atoms with Crippen LogP contribution in [0.25, 0.3) is 16.6 Å². The van der Waals surface area contributed by atoms with E-state index in [-0.39, 0.29) is 0 Å². The van der Waals surface area contributed by atoms with E-state index in [0.29, 0.717) is 5.56 Å². The molecule has 2 aromatic carbocycles. The number of aromatic nitrogens is 1. The molecule has 0 fully saturated rings. The smallest absolute Gasteiger partial charge is 0.0991 e. The van der Waals surface area contributed by atoms with Gasteiger partial charge in [-0.25, -0.2) is 0 Å². The Labute approximate surface area is 99.3 Å². The fraction of sp³-hybridized carbons (Fsp3) is 0. The average molecular weight is 218 g/mol. The Bertz CT molecular complexity index is 700. The summed E-state index contributed by atoms with van der Waals surface area (Å²) in [5.41, 5.74) is 2.94. The number of nitrogens with zero attached hydrogens (tertiary/aromatic N) is 2. The number of rotatable bonds is 1. The van der Waals surface area contributed by atoms with Crippen LogP contribution in [0.1, 0.15) is 5.56 Å². The Morgan fingerprint density at radius 2 is 1.65 bits per heavy atom. The molecule has 0 radical (unpaired) electrons. The number of nitriles is 1. The Morgan fingerprint density at radius 3 is 2.41 bits per heavy atom. The molecule has 0 spiro atoms. The van der Waals surface area contributed by atoms with E-state index in [2.05, 4.69) is 28.8 Å². The largest absolute Gasteiger partial charge is 0.317 e. The van der Waals surface area contributed by atoms with Gasteiger partial charge >= 0.3 is 0 Å². The van der Waals surface area contributed by atoms with Crippen molar-refractivity contribution in [3.63, 3.8) is 0 Å². The van der Waals surface area contributed by atoms with Crippen molar-refractivity contribution in [2.45, 2.75) is 0 Å². The van der Waals surface area contributed by atoms with Crippen LogP contribution in [0, 0.1) is 11.3 Å². The zero-order valence-electron chi connectivity index (χ0n) is 9.17. The summed E-state index contributed by atoms with van der Waals surface area (Å²) in [5, 5.41) is 9.99. The first-order chi connectivity index (χ1) is 8.38. The van der Waals surface area contributed by atoms with Crippen molar-refractivity contribution in [3.05, 3.63) is 66.4 Å². The van der Waals surface area contributed by atoms with Crippen LogP contribution < -0.4 is 0 Å². The molecule has 2 heteroatoms. The summed E-state index contributed by atoms with van der Waals surface area (Å²) in [6.45, 7) is 0. The van der Waals surface area contributed by atoms with E-state index in [0.717, 1.165) is 5.69 Å². The van der Waals surface area contributed by atoms with Gasteiger partial charge in [0.2, 0.25) is 0 Å². The summed E-state index contributed by atoms with van der Waals surface area (Å²) in [5.74, 6) is 0. The molecular weight excluding hydrogens is 208 g/mol. The second-order valence-electron chi connectivity index (χ2n) is 3.90. The highest BCUT2D eigenvalue weighted by Gasteiger charge is 2.01. The molecule has 80 valence electrons. The minimum atomic E-state index is 0.685. The van der Waals surface area contributed by atoms with E-state index in [9.17, 15) is 0 Å². The van der Waals surface area contributed by atoms with E-state index >= 15 is 0 Å². The quantitative estimate of drug-likeness (QED) is 0.614. The first-order valence-electron chi connectivity index (χ1n) is 5.45. The molecular formula is C15H10N2. The fourth-order valence-corrected chi connectivity index (χ4v) is 2.00. The molecule has 3 aromatic rings. The van der Waals surface area contributed by atoms with E-state index in [1.165, 1.54) is 10.9 Å². The Morgan fingerprint density at radius 1 is 0.882 bits per heavy atom. The van der Waals surface area contributed by atoms with E-state index < -0.39 is 0 Å². The molecule has 0 unspecified atom stereocenters. The maximum Gasteiger partial charge on any atom is 0.0991 e. The predicted octanol–water partition coefficient (Wildman–Crippen LogP) is 3.50. The lowest BCUT2D eigenvalue weighted by Gasteiger charge is -2.04. The minimum absolute atomic E-state index is 0.685. The molecule has 0 bridgehead atoms. The number of hydrogen-bond donors (Lipinski definition) is 0. The van der Waals surface area contributed by atoms with Crippen LogP contribution in [0.4, 0.5) is 0 Å². The van der Waals surface area contributed by atoms with Gasteiger partial charge in [-0.3, -0.25) is 0 Å². The van der Waals surface area contributed by atoms with Crippen molar-refractivity contribution in [1.29, 1.82) is 5.26 Å². The topological polar surface area (TPSA) is 28.7 Å². The lowest BCUT2D eigenvalue weighted by molar-refractivity contribution is 1.13. The van der Waals surface area contributed by atoms with Crippen molar-refractivity contribution >= 4 is 10.9 Å². The normalized spacial score (nSPS) is 10.3. The van der Waals surface area contributed by atoms with Gasteiger partial charge in [0, 0.05) is 11.9 Å². The molecule has 0 atom stereocenters. The second kappa shape index (κ2) is 3.80. The van der Waals surface area contributed by atoms with Crippen molar-refractivity contribution < 1.29 is 0 Å². The monoisotopic (exact) mass is 218 g/mol. The molecule has 0 N–H and O–H groups in total. The summed E-state index contributed by atoms with van der Waals surface area (Å²) in [6, 6.07) is 20.1. The molecule has 1 aromatic heterocycles. The standard InChI is InChI=1S/C15H10N2/c16-11-12-5-7-14(8-6-12)17-10-9-13-3-1-2-4-15(13)17/h1-10H. The molecule has 0 aliphatic rings. The average Bonchev–Trinajstić information content (AvgIpc) is 2.83. The molecule has 0 aliphatic heterocycles. The summed E-state index contributed by atoms with van der Waals surface area (Å²) in [7, 11) is 0. The van der Waals surface area contributed by atoms with Gasteiger partial charge in [0.05, 0.1) is 17.1 Å². The third-order valence-electron chi connectivity index (χ3n) is 2.87. The summed E-state index contributed by atoms with van der Waals surface area (Å²) in [4.78, 5) is 0. The molecule has 1 heterocycles. The molecule has 0 saturated heterocycles. The number of para-hydroxylation sites is 1.